The minimum absolute atomic E-state index is 0.138. The Morgan fingerprint density at radius 1 is 1.47 bits per heavy atom. The second-order valence-corrected chi connectivity index (χ2v) is 4.93. The van der Waals surface area contributed by atoms with Crippen molar-refractivity contribution in [2.24, 2.45) is 5.73 Å². The lowest BCUT2D eigenvalue weighted by atomic mass is 10.0. The fraction of sp³-hybridized carbons (Fsp3) is 0.571. The maximum absolute atomic E-state index is 14.0. The molecular weight excluding hydrogens is 267 g/mol. The van der Waals surface area contributed by atoms with Crippen molar-refractivity contribution in [1.82, 2.24) is 4.90 Å². The van der Waals surface area contributed by atoms with E-state index in [1.165, 1.54) is 6.07 Å². The first kappa shape index (κ1) is 16.4. The molecule has 0 saturated heterocycles. The molecule has 2 atom stereocenters. The summed E-state index contributed by atoms with van der Waals surface area (Å²) in [4.78, 5) is 2.10. The van der Waals surface area contributed by atoms with Crippen LogP contribution >= 0.6 is 11.6 Å². The third kappa shape index (κ3) is 3.89. The Hall–Kier alpha value is -0.680. The molecule has 19 heavy (non-hydrogen) atoms. The van der Waals surface area contributed by atoms with Crippen LogP contribution in [0.1, 0.15) is 25.5 Å². The summed E-state index contributed by atoms with van der Waals surface area (Å²) in [5.41, 5.74) is 6.31. The summed E-state index contributed by atoms with van der Waals surface area (Å²) in [5, 5.41) is 0.415. The molecule has 1 aromatic rings. The molecule has 1 rings (SSSR count). The van der Waals surface area contributed by atoms with E-state index in [9.17, 15) is 4.39 Å². The predicted octanol–water partition coefficient (Wildman–Crippen LogP) is 2.84. The smallest absolute Gasteiger partial charge is 0.129 e. The van der Waals surface area contributed by atoms with Crippen LogP contribution in [-0.2, 0) is 4.74 Å². The first-order valence-corrected chi connectivity index (χ1v) is 6.83. The van der Waals surface area contributed by atoms with Gasteiger partial charge in [0.2, 0.25) is 0 Å². The molecule has 0 spiro atoms. The maximum Gasteiger partial charge on any atom is 0.129 e. The van der Waals surface area contributed by atoms with Gasteiger partial charge in [-0.3, -0.25) is 4.90 Å². The summed E-state index contributed by atoms with van der Waals surface area (Å²) < 4.78 is 19.2. The number of methoxy groups -OCH3 is 1. The molecule has 0 saturated carbocycles. The van der Waals surface area contributed by atoms with E-state index in [1.807, 2.05) is 13.8 Å². The summed E-state index contributed by atoms with van der Waals surface area (Å²) in [7, 11) is 1.65. The number of benzene rings is 1. The Balaban J connectivity index is 3.10. The van der Waals surface area contributed by atoms with Crippen molar-refractivity contribution in [3.8, 4) is 0 Å². The zero-order valence-corrected chi connectivity index (χ0v) is 12.5. The van der Waals surface area contributed by atoms with Crippen molar-refractivity contribution in [3.63, 3.8) is 0 Å². The van der Waals surface area contributed by atoms with E-state index in [0.29, 0.717) is 23.7 Å². The van der Waals surface area contributed by atoms with Gasteiger partial charge in [-0.05, 0) is 25.6 Å². The SMILES string of the molecule is CCN(C(C)COC)C(CN)c1c(F)cccc1Cl. The van der Waals surface area contributed by atoms with Crippen LogP contribution in [0.2, 0.25) is 5.02 Å². The topological polar surface area (TPSA) is 38.5 Å². The molecule has 0 aliphatic rings. The van der Waals surface area contributed by atoms with Crippen LogP contribution in [0, 0.1) is 5.82 Å². The Bertz CT molecular complexity index is 383. The standard InChI is InChI=1S/C14H22ClFN2O/c1-4-18(10(2)9-19-3)13(8-17)14-11(15)6-5-7-12(14)16/h5-7,10,13H,4,8-9,17H2,1-3H3. The van der Waals surface area contributed by atoms with Gasteiger partial charge in [0, 0.05) is 30.3 Å². The first-order chi connectivity index (χ1) is 9.06. The van der Waals surface area contributed by atoms with Gasteiger partial charge >= 0.3 is 0 Å². The average Bonchev–Trinajstić information content (AvgIpc) is 2.37. The molecule has 2 N–H and O–H groups in total. The highest BCUT2D eigenvalue weighted by Gasteiger charge is 2.26. The summed E-state index contributed by atoms with van der Waals surface area (Å²) >= 11 is 6.13. The Morgan fingerprint density at radius 3 is 2.63 bits per heavy atom. The van der Waals surface area contributed by atoms with E-state index in [2.05, 4.69) is 4.90 Å². The number of hydrogen-bond donors (Lipinski definition) is 1. The largest absolute Gasteiger partial charge is 0.383 e. The van der Waals surface area contributed by atoms with Crippen LogP contribution in [0.4, 0.5) is 4.39 Å². The van der Waals surface area contributed by atoms with Gasteiger partial charge in [-0.1, -0.05) is 24.6 Å². The predicted molar refractivity (Wildman–Crippen MR) is 76.9 cm³/mol. The van der Waals surface area contributed by atoms with Crippen molar-refractivity contribution in [2.45, 2.75) is 25.9 Å². The van der Waals surface area contributed by atoms with Crippen molar-refractivity contribution in [3.05, 3.63) is 34.6 Å². The lowest BCUT2D eigenvalue weighted by Gasteiger charge is -2.35. The Labute approximate surface area is 119 Å². The molecule has 3 nitrogen and oxygen atoms in total. The molecule has 2 unspecified atom stereocenters. The highest BCUT2D eigenvalue weighted by molar-refractivity contribution is 6.31. The monoisotopic (exact) mass is 288 g/mol. The fourth-order valence-electron chi connectivity index (χ4n) is 2.42. The van der Waals surface area contributed by atoms with E-state index in [0.717, 1.165) is 6.54 Å². The first-order valence-electron chi connectivity index (χ1n) is 6.45. The van der Waals surface area contributed by atoms with Gasteiger partial charge in [0.05, 0.1) is 12.6 Å². The molecule has 0 amide bonds. The van der Waals surface area contributed by atoms with E-state index >= 15 is 0 Å². The molecule has 0 aromatic heterocycles. The van der Waals surface area contributed by atoms with Crippen molar-refractivity contribution >= 4 is 11.6 Å². The highest BCUT2D eigenvalue weighted by atomic mass is 35.5. The van der Waals surface area contributed by atoms with E-state index < -0.39 is 0 Å². The number of halogens is 2. The quantitative estimate of drug-likeness (QED) is 0.838. The van der Waals surface area contributed by atoms with Crippen LogP contribution in [0.25, 0.3) is 0 Å². The number of hydrogen-bond acceptors (Lipinski definition) is 3. The van der Waals surface area contributed by atoms with Crippen LogP contribution < -0.4 is 5.73 Å². The summed E-state index contributed by atoms with van der Waals surface area (Å²) in [5.74, 6) is -0.314. The molecule has 0 radical (unpaired) electrons. The van der Waals surface area contributed by atoms with Crippen LogP contribution in [0.15, 0.2) is 18.2 Å². The van der Waals surface area contributed by atoms with Crippen LogP contribution in [0.5, 0.6) is 0 Å². The number of nitrogens with two attached hydrogens (primary N) is 1. The molecule has 0 aliphatic heterocycles. The third-order valence-electron chi connectivity index (χ3n) is 3.30. The number of likely N-dealkylation sites (N-methyl/N-ethyl adjacent to an activating group) is 1. The Kier molecular flexibility index (Phi) is 6.72. The Morgan fingerprint density at radius 2 is 2.16 bits per heavy atom. The zero-order valence-electron chi connectivity index (χ0n) is 11.7. The van der Waals surface area contributed by atoms with Gasteiger partial charge in [-0.25, -0.2) is 4.39 Å². The number of ether oxygens (including phenoxy) is 1. The van der Waals surface area contributed by atoms with Crippen molar-refractivity contribution in [1.29, 1.82) is 0 Å². The molecule has 108 valence electrons. The summed E-state index contributed by atoms with van der Waals surface area (Å²) in [6.45, 7) is 5.67. The third-order valence-corrected chi connectivity index (χ3v) is 3.63. The van der Waals surface area contributed by atoms with Crippen LogP contribution in [-0.4, -0.2) is 37.7 Å². The zero-order chi connectivity index (χ0) is 14.4. The van der Waals surface area contributed by atoms with Gasteiger partial charge in [0.1, 0.15) is 5.82 Å². The molecular formula is C14H22ClFN2O. The second kappa shape index (κ2) is 7.80. The lowest BCUT2D eigenvalue weighted by Crippen LogP contribution is -2.42. The average molecular weight is 289 g/mol. The second-order valence-electron chi connectivity index (χ2n) is 4.52. The van der Waals surface area contributed by atoms with E-state index in [1.54, 1.807) is 19.2 Å². The summed E-state index contributed by atoms with van der Waals surface area (Å²) in [6.07, 6.45) is 0. The van der Waals surface area contributed by atoms with Gasteiger partial charge in [-0.15, -0.1) is 0 Å². The molecule has 1 aromatic carbocycles. The van der Waals surface area contributed by atoms with E-state index in [-0.39, 0.29) is 17.9 Å². The van der Waals surface area contributed by atoms with Gasteiger partial charge < -0.3 is 10.5 Å². The minimum Gasteiger partial charge on any atom is -0.383 e. The van der Waals surface area contributed by atoms with Crippen molar-refractivity contribution in [2.75, 3.05) is 26.8 Å². The lowest BCUT2D eigenvalue weighted by molar-refractivity contribution is 0.0740. The van der Waals surface area contributed by atoms with Gasteiger partial charge in [-0.2, -0.15) is 0 Å². The number of rotatable bonds is 7. The van der Waals surface area contributed by atoms with Crippen molar-refractivity contribution < 1.29 is 9.13 Å². The molecule has 0 fully saturated rings. The van der Waals surface area contributed by atoms with E-state index in [4.69, 9.17) is 22.1 Å². The number of nitrogens with zero attached hydrogens (tertiary/aromatic N) is 1. The fourth-order valence-corrected chi connectivity index (χ4v) is 2.71. The summed E-state index contributed by atoms with van der Waals surface area (Å²) in [6, 6.07) is 4.60. The van der Waals surface area contributed by atoms with Crippen LogP contribution in [0.3, 0.4) is 0 Å². The minimum atomic E-state index is -0.314. The highest BCUT2D eigenvalue weighted by Crippen LogP contribution is 2.30. The normalized spacial score (nSPS) is 14.7. The maximum atomic E-state index is 14.0. The van der Waals surface area contributed by atoms with Gasteiger partial charge in [0.15, 0.2) is 0 Å². The molecule has 0 bridgehead atoms. The molecule has 0 heterocycles. The molecule has 0 aliphatic carbocycles. The van der Waals surface area contributed by atoms with Gasteiger partial charge in [0.25, 0.3) is 0 Å². The molecule has 5 heteroatoms.